The van der Waals surface area contributed by atoms with E-state index in [0.29, 0.717) is 16.7 Å². The molecule has 0 fully saturated rings. The minimum absolute atomic E-state index is 0.0784. The van der Waals surface area contributed by atoms with E-state index >= 15 is 0 Å². The van der Waals surface area contributed by atoms with Gasteiger partial charge in [0.2, 0.25) is 11.8 Å². The average Bonchev–Trinajstić information content (AvgIpc) is 2.89. The van der Waals surface area contributed by atoms with Gasteiger partial charge in [-0.1, -0.05) is 76.4 Å². The molecular weight excluding hydrogens is 566 g/mol. The summed E-state index contributed by atoms with van der Waals surface area (Å²) < 4.78 is 29.4. The zero-order valence-corrected chi connectivity index (χ0v) is 24.6. The summed E-state index contributed by atoms with van der Waals surface area (Å²) in [6.07, 6.45) is 0.760. The highest BCUT2D eigenvalue weighted by atomic mass is 79.9. The van der Waals surface area contributed by atoms with Gasteiger partial charge in [-0.2, -0.15) is 0 Å². The van der Waals surface area contributed by atoms with E-state index in [1.54, 1.807) is 43.3 Å². The lowest BCUT2D eigenvalue weighted by molar-refractivity contribution is -0.139. The maximum absolute atomic E-state index is 13.9. The fourth-order valence-electron chi connectivity index (χ4n) is 3.87. The number of carbonyl (C=O) groups excluding carboxylic acids is 2. The number of nitrogens with one attached hydrogen (secondary N) is 1. The van der Waals surface area contributed by atoms with Crippen LogP contribution in [0.4, 0.5) is 5.69 Å². The van der Waals surface area contributed by atoms with Crippen LogP contribution in [-0.2, 0) is 26.2 Å². The molecule has 0 bridgehead atoms. The van der Waals surface area contributed by atoms with Crippen molar-refractivity contribution in [2.45, 2.75) is 51.6 Å². The van der Waals surface area contributed by atoms with Gasteiger partial charge in [-0.15, -0.1) is 0 Å². The summed E-state index contributed by atoms with van der Waals surface area (Å²) in [4.78, 5) is 28.3. The van der Waals surface area contributed by atoms with Crippen LogP contribution in [0.5, 0.6) is 0 Å². The first-order valence-electron chi connectivity index (χ1n) is 12.5. The SMILES string of the molecule is CCCNC(=O)C(C)N(Cc1ccc(C)cc1)C(=O)CN(c1cccc(Br)c1)S(=O)(=O)c1ccc(C)cc1. The van der Waals surface area contributed by atoms with Crippen molar-refractivity contribution in [1.82, 2.24) is 10.2 Å². The fraction of sp³-hybridized carbons (Fsp3) is 0.310. The molecule has 1 unspecified atom stereocenters. The number of hydrogen-bond donors (Lipinski definition) is 1. The second kappa shape index (κ2) is 13.1. The predicted molar refractivity (Wildman–Crippen MR) is 154 cm³/mol. The molecule has 202 valence electrons. The van der Waals surface area contributed by atoms with Crippen molar-refractivity contribution < 1.29 is 18.0 Å². The van der Waals surface area contributed by atoms with Gasteiger partial charge in [0.25, 0.3) is 10.0 Å². The van der Waals surface area contributed by atoms with Gasteiger partial charge in [0, 0.05) is 17.6 Å². The summed E-state index contributed by atoms with van der Waals surface area (Å²) >= 11 is 3.40. The smallest absolute Gasteiger partial charge is 0.264 e. The first kappa shape index (κ1) is 29.4. The number of aryl methyl sites for hydroxylation is 2. The molecule has 1 atom stereocenters. The number of benzene rings is 3. The van der Waals surface area contributed by atoms with Gasteiger partial charge < -0.3 is 10.2 Å². The summed E-state index contributed by atoms with van der Waals surface area (Å²) in [7, 11) is -4.09. The number of amides is 2. The first-order chi connectivity index (χ1) is 18.0. The minimum Gasteiger partial charge on any atom is -0.354 e. The Morgan fingerprint density at radius 3 is 2.13 bits per heavy atom. The van der Waals surface area contributed by atoms with E-state index in [0.717, 1.165) is 27.4 Å². The highest BCUT2D eigenvalue weighted by Crippen LogP contribution is 2.27. The van der Waals surface area contributed by atoms with Crippen LogP contribution in [0.2, 0.25) is 0 Å². The number of anilines is 1. The van der Waals surface area contributed by atoms with Crippen molar-refractivity contribution in [1.29, 1.82) is 0 Å². The van der Waals surface area contributed by atoms with E-state index in [2.05, 4.69) is 21.2 Å². The number of sulfonamides is 1. The Kier molecular flexibility index (Phi) is 10.1. The van der Waals surface area contributed by atoms with E-state index in [1.807, 2.05) is 45.0 Å². The number of nitrogens with zero attached hydrogens (tertiary/aromatic N) is 2. The Labute approximate surface area is 234 Å². The van der Waals surface area contributed by atoms with Crippen LogP contribution >= 0.6 is 15.9 Å². The predicted octanol–water partition coefficient (Wildman–Crippen LogP) is 5.20. The molecule has 0 saturated heterocycles. The molecule has 7 nitrogen and oxygen atoms in total. The topological polar surface area (TPSA) is 86.8 Å². The first-order valence-corrected chi connectivity index (χ1v) is 14.7. The van der Waals surface area contributed by atoms with E-state index < -0.39 is 28.5 Å². The largest absolute Gasteiger partial charge is 0.354 e. The zero-order valence-electron chi connectivity index (χ0n) is 22.1. The highest BCUT2D eigenvalue weighted by molar-refractivity contribution is 9.10. The van der Waals surface area contributed by atoms with Gasteiger partial charge in [-0.25, -0.2) is 8.42 Å². The molecule has 3 rings (SSSR count). The molecule has 0 heterocycles. The van der Waals surface area contributed by atoms with Gasteiger partial charge in [0.15, 0.2) is 0 Å². The van der Waals surface area contributed by atoms with E-state index in [1.165, 1.54) is 17.0 Å². The molecule has 38 heavy (non-hydrogen) atoms. The molecule has 0 aliphatic rings. The molecule has 3 aromatic carbocycles. The molecule has 3 aromatic rings. The molecule has 0 aliphatic heterocycles. The van der Waals surface area contributed by atoms with Crippen molar-refractivity contribution in [3.8, 4) is 0 Å². The Balaban J connectivity index is 2.01. The second-order valence-corrected chi connectivity index (χ2v) is 12.1. The maximum atomic E-state index is 13.9. The molecule has 0 radical (unpaired) electrons. The third-order valence-electron chi connectivity index (χ3n) is 6.17. The molecule has 0 saturated carbocycles. The van der Waals surface area contributed by atoms with E-state index in [9.17, 15) is 18.0 Å². The third-order valence-corrected chi connectivity index (χ3v) is 8.46. The highest BCUT2D eigenvalue weighted by Gasteiger charge is 2.32. The summed E-state index contributed by atoms with van der Waals surface area (Å²) in [5.41, 5.74) is 3.18. The van der Waals surface area contributed by atoms with Crippen LogP contribution in [0, 0.1) is 13.8 Å². The lowest BCUT2D eigenvalue weighted by Crippen LogP contribution is -2.51. The van der Waals surface area contributed by atoms with Gasteiger partial charge in [-0.3, -0.25) is 13.9 Å². The van der Waals surface area contributed by atoms with Gasteiger partial charge >= 0.3 is 0 Å². The van der Waals surface area contributed by atoms with Gasteiger partial charge in [0.05, 0.1) is 10.6 Å². The van der Waals surface area contributed by atoms with Crippen molar-refractivity contribution in [3.05, 3.63) is 94.0 Å². The van der Waals surface area contributed by atoms with Crippen LogP contribution in [0.3, 0.4) is 0 Å². The van der Waals surface area contributed by atoms with Crippen LogP contribution in [0.25, 0.3) is 0 Å². The van der Waals surface area contributed by atoms with Gasteiger partial charge in [0.1, 0.15) is 12.6 Å². The van der Waals surface area contributed by atoms with Crippen molar-refractivity contribution in [3.63, 3.8) is 0 Å². The zero-order chi connectivity index (χ0) is 27.9. The lowest BCUT2D eigenvalue weighted by atomic mass is 10.1. The molecule has 0 aromatic heterocycles. The molecule has 1 N–H and O–H groups in total. The summed E-state index contributed by atoms with van der Waals surface area (Å²) in [6.45, 7) is 7.64. The molecule has 0 spiro atoms. The van der Waals surface area contributed by atoms with Crippen LogP contribution in [-0.4, -0.2) is 44.3 Å². The van der Waals surface area contributed by atoms with E-state index in [4.69, 9.17) is 0 Å². The van der Waals surface area contributed by atoms with Crippen LogP contribution < -0.4 is 9.62 Å². The number of carbonyl (C=O) groups is 2. The van der Waals surface area contributed by atoms with Crippen molar-refractivity contribution >= 4 is 43.5 Å². The number of hydrogen-bond acceptors (Lipinski definition) is 4. The van der Waals surface area contributed by atoms with Crippen LogP contribution in [0.1, 0.15) is 37.0 Å². The molecule has 2 amide bonds. The lowest BCUT2D eigenvalue weighted by Gasteiger charge is -2.32. The standard InChI is InChI=1S/C29H34BrN3O4S/c1-5-17-31-29(35)23(4)32(19-24-13-9-21(2)10-14-24)28(34)20-33(26-8-6-7-25(30)18-26)38(36,37)27-15-11-22(3)12-16-27/h6-16,18,23H,5,17,19-20H2,1-4H3,(H,31,35). The monoisotopic (exact) mass is 599 g/mol. The Morgan fingerprint density at radius 2 is 1.55 bits per heavy atom. The van der Waals surface area contributed by atoms with E-state index in [-0.39, 0.29) is 17.3 Å². The molecule has 9 heteroatoms. The third kappa shape index (κ3) is 7.45. The van der Waals surface area contributed by atoms with Crippen LogP contribution in [0.15, 0.2) is 82.2 Å². The number of rotatable bonds is 11. The average molecular weight is 601 g/mol. The van der Waals surface area contributed by atoms with Crippen molar-refractivity contribution in [2.75, 3.05) is 17.4 Å². The Morgan fingerprint density at radius 1 is 0.947 bits per heavy atom. The number of halogens is 1. The van der Waals surface area contributed by atoms with Crippen molar-refractivity contribution in [2.24, 2.45) is 0 Å². The summed E-state index contributed by atoms with van der Waals surface area (Å²) in [5.74, 6) is -0.775. The maximum Gasteiger partial charge on any atom is 0.264 e. The van der Waals surface area contributed by atoms with Gasteiger partial charge in [-0.05, 0) is 63.1 Å². The fourth-order valence-corrected chi connectivity index (χ4v) is 5.66. The minimum atomic E-state index is -4.09. The summed E-state index contributed by atoms with van der Waals surface area (Å²) in [6, 6.07) is 20.2. The molecule has 0 aliphatic carbocycles. The molecular formula is C29H34BrN3O4S. The Hall–Kier alpha value is -3.17. The summed E-state index contributed by atoms with van der Waals surface area (Å²) in [5, 5.41) is 2.85. The second-order valence-electron chi connectivity index (χ2n) is 9.28. The quantitative estimate of drug-likeness (QED) is 0.328. The normalized spacial score (nSPS) is 12.0. The Bertz CT molecular complexity index is 1360.